The average Bonchev–Trinajstić information content (AvgIpc) is 2.07. The first-order chi connectivity index (χ1) is 6.36. The highest BCUT2D eigenvalue weighted by molar-refractivity contribution is 6.33. The summed E-state index contributed by atoms with van der Waals surface area (Å²) in [4.78, 5) is 10.4. The summed E-state index contributed by atoms with van der Waals surface area (Å²) >= 11 is 5.62. The minimum Gasteiger partial charge on any atom is -0.298 e. The van der Waals surface area contributed by atoms with Crippen molar-refractivity contribution in [3.05, 3.63) is 33.8 Å². The molecule has 1 nitrogen and oxygen atoms in total. The van der Waals surface area contributed by atoms with E-state index in [0.29, 0.717) is 6.29 Å². The molecule has 0 saturated carbocycles. The van der Waals surface area contributed by atoms with Gasteiger partial charge in [-0.3, -0.25) is 4.79 Å². The lowest BCUT2D eigenvalue weighted by Gasteiger charge is -2.09. The Morgan fingerprint density at radius 2 is 1.93 bits per heavy atom. The first-order valence-electron chi connectivity index (χ1n) is 3.69. The molecule has 76 valence electrons. The van der Waals surface area contributed by atoms with Crippen molar-refractivity contribution >= 4 is 17.9 Å². The van der Waals surface area contributed by atoms with Gasteiger partial charge in [-0.2, -0.15) is 13.2 Å². The third kappa shape index (κ3) is 2.07. The molecule has 0 radical (unpaired) electrons. The summed E-state index contributed by atoms with van der Waals surface area (Å²) in [6, 6.07) is 1.65. The Bertz CT molecular complexity index is 371. The third-order valence-corrected chi connectivity index (χ3v) is 2.25. The van der Waals surface area contributed by atoms with E-state index < -0.39 is 11.7 Å². The van der Waals surface area contributed by atoms with Crippen LogP contribution in [0.1, 0.15) is 21.5 Å². The molecule has 0 aliphatic carbocycles. The molecule has 1 rings (SSSR count). The fraction of sp³-hybridized carbons (Fsp3) is 0.222. The third-order valence-electron chi connectivity index (χ3n) is 1.74. The highest BCUT2D eigenvalue weighted by atomic mass is 35.5. The lowest BCUT2D eigenvalue weighted by Crippen LogP contribution is -2.06. The number of halogens is 4. The van der Waals surface area contributed by atoms with Crippen LogP contribution < -0.4 is 0 Å². The van der Waals surface area contributed by atoms with Crippen LogP contribution in [0.3, 0.4) is 0 Å². The van der Waals surface area contributed by atoms with Gasteiger partial charge in [0, 0.05) is 5.56 Å². The van der Waals surface area contributed by atoms with Gasteiger partial charge >= 0.3 is 6.18 Å². The smallest absolute Gasteiger partial charge is 0.298 e. The summed E-state index contributed by atoms with van der Waals surface area (Å²) in [5, 5.41) is 0.0630. The standard InChI is InChI=1S/C9H6ClF3O/c1-5-2-7(9(11,12)13)3-6(4-14)8(5)10/h2-4H,1H3. The maximum absolute atomic E-state index is 12.3. The lowest BCUT2D eigenvalue weighted by atomic mass is 10.1. The van der Waals surface area contributed by atoms with E-state index in [0.717, 1.165) is 12.1 Å². The predicted molar refractivity (Wildman–Crippen MR) is 46.6 cm³/mol. The van der Waals surface area contributed by atoms with E-state index in [1.807, 2.05) is 0 Å². The number of alkyl halides is 3. The van der Waals surface area contributed by atoms with Crippen LogP contribution >= 0.6 is 11.6 Å². The zero-order valence-electron chi connectivity index (χ0n) is 7.15. The Morgan fingerprint density at radius 1 is 1.36 bits per heavy atom. The van der Waals surface area contributed by atoms with Gasteiger partial charge in [0.2, 0.25) is 0 Å². The Balaban J connectivity index is 3.37. The molecule has 1 aromatic rings. The maximum atomic E-state index is 12.3. The van der Waals surface area contributed by atoms with Crippen molar-refractivity contribution in [1.82, 2.24) is 0 Å². The Hall–Kier alpha value is -1.03. The van der Waals surface area contributed by atoms with Gasteiger partial charge in [0.25, 0.3) is 0 Å². The fourth-order valence-electron chi connectivity index (χ4n) is 1.05. The molecule has 5 heteroatoms. The molecule has 14 heavy (non-hydrogen) atoms. The van der Waals surface area contributed by atoms with Crippen molar-refractivity contribution in [2.24, 2.45) is 0 Å². The summed E-state index contributed by atoms with van der Waals surface area (Å²) in [5.41, 5.74) is -0.760. The van der Waals surface area contributed by atoms with Gasteiger partial charge in [0.05, 0.1) is 10.6 Å². The molecule has 0 atom stereocenters. The number of hydrogen-bond acceptors (Lipinski definition) is 1. The van der Waals surface area contributed by atoms with E-state index in [2.05, 4.69) is 0 Å². The lowest BCUT2D eigenvalue weighted by molar-refractivity contribution is -0.137. The number of aryl methyl sites for hydroxylation is 1. The highest BCUT2D eigenvalue weighted by Gasteiger charge is 2.31. The number of hydrogen-bond donors (Lipinski definition) is 0. The molecule has 0 aliphatic heterocycles. The summed E-state index contributed by atoms with van der Waals surface area (Å²) in [6.07, 6.45) is -4.14. The van der Waals surface area contributed by atoms with Gasteiger partial charge in [-0.25, -0.2) is 0 Å². The van der Waals surface area contributed by atoms with Gasteiger partial charge < -0.3 is 0 Å². The molecule has 0 aliphatic rings. The quantitative estimate of drug-likeness (QED) is 0.665. The summed E-state index contributed by atoms with van der Waals surface area (Å²) in [5.74, 6) is 0. The average molecular weight is 223 g/mol. The molecule has 0 amide bonds. The number of benzene rings is 1. The first kappa shape index (κ1) is 11.0. The van der Waals surface area contributed by atoms with Crippen molar-refractivity contribution in [2.45, 2.75) is 13.1 Å². The van der Waals surface area contributed by atoms with Crippen LogP contribution in [0.2, 0.25) is 5.02 Å². The first-order valence-corrected chi connectivity index (χ1v) is 4.06. The van der Waals surface area contributed by atoms with Crippen LogP contribution in [-0.4, -0.2) is 6.29 Å². The van der Waals surface area contributed by atoms with Crippen molar-refractivity contribution in [3.8, 4) is 0 Å². The normalized spacial score (nSPS) is 11.5. The Labute approximate surface area is 83.5 Å². The summed E-state index contributed by atoms with van der Waals surface area (Å²) < 4.78 is 36.8. The van der Waals surface area contributed by atoms with Gasteiger partial charge in [-0.05, 0) is 24.6 Å². The molecule has 0 fully saturated rings. The van der Waals surface area contributed by atoms with Crippen molar-refractivity contribution in [2.75, 3.05) is 0 Å². The molecule has 0 unspecified atom stereocenters. The number of carbonyl (C=O) groups excluding carboxylic acids is 1. The second-order valence-corrected chi connectivity index (χ2v) is 3.19. The predicted octanol–water partition coefficient (Wildman–Crippen LogP) is 3.48. The van der Waals surface area contributed by atoms with Gasteiger partial charge in [-0.15, -0.1) is 0 Å². The largest absolute Gasteiger partial charge is 0.416 e. The second-order valence-electron chi connectivity index (χ2n) is 2.81. The van der Waals surface area contributed by atoms with Crippen LogP contribution in [0.4, 0.5) is 13.2 Å². The van der Waals surface area contributed by atoms with Crippen LogP contribution in [0.15, 0.2) is 12.1 Å². The van der Waals surface area contributed by atoms with Crippen LogP contribution in [0.25, 0.3) is 0 Å². The van der Waals surface area contributed by atoms with Crippen molar-refractivity contribution in [1.29, 1.82) is 0 Å². The van der Waals surface area contributed by atoms with Crippen LogP contribution in [-0.2, 0) is 6.18 Å². The van der Waals surface area contributed by atoms with E-state index in [9.17, 15) is 18.0 Å². The monoisotopic (exact) mass is 222 g/mol. The van der Waals surface area contributed by atoms with Crippen molar-refractivity contribution in [3.63, 3.8) is 0 Å². The van der Waals surface area contributed by atoms with E-state index in [4.69, 9.17) is 11.6 Å². The van der Waals surface area contributed by atoms with Gasteiger partial charge in [0.1, 0.15) is 0 Å². The Kier molecular flexibility index (Phi) is 2.85. The van der Waals surface area contributed by atoms with Crippen LogP contribution in [0.5, 0.6) is 0 Å². The molecular formula is C9H6ClF3O. The topological polar surface area (TPSA) is 17.1 Å². The van der Waals surface area contributed by atoms with Gasteiger partial charge in [0.15, 0.2) is 6.29 Å². The minimum absolute atomic E-state index is 0.0630. The molecule has 0 bridgehead atoms. The van der Waals surface area contributed by atoms with Gasteiger partial charge in [-0.1, -0.05) is 11.6 Å². The zero-order chi connectivity index (χ0) is 10.9. The van der Waals surface area contributed by atoms with E-state index in [-0.39, 0.29) is 16.1 Å². The fourth-order valence-corrected chi connectivity index (χ4v) is 1.20. The number of carbonyl (C=O) groups is 1. The van der Waals surface area contributed by atoms with Crippen LogP contribution in [0, 0.1) is 6.92 Å². The molecular weight excluding hydrogens is 217 g/mol. The van der Waals surface area contributed by atoms with Crippen molar-refractivity contribution < 1.29 is 18.0 Å². The number of rotatable bonds is 1. The number of aldehydes is 1. The van der Waals surface area contributed by atoms with E-state index in [1.54, 1.807) is 0 Å². The molecule has 0 saturated heterocycles. The molecule has 0 N–H and O–H groups in total. The highest BCUT2D eigenvalue weighted by Crippen LogP contribution is 2.33. The molecule has 1 aromatic carbocycles. The minimum atomic E-state index is -4.45. The summed E-state index contributed by atoms with van der Waals surface area (Å²) in [6.45, 7) is 1.42. The van der Waals surface area contributed by atoms with E-state index >= 15 is 0 Å². The maximum Gasteiger partial charge on any atom is 0.416 e. The zero-order valence-corrected chi connectivity index (χ0v) is 7.91. The summed E-state index contributed by atoms with van der Waals surface area (Å²) in [7, 11) is 0. The Morgan fingerprint density at radius 3 is 2.36 bits per heavy atom. The molecule has 0 aromatic heterocycles. The van der Waals surface area contributed by atoms with E-state index in [1.165, 1.54) is 6.92 Å². The SMILES string of the molecule is Cc1cc(C(F)(F)F)cc(C=O)c1Cl. The molecule has 0 heterocycles. The second kappa shape index (κ2) is 3.61. The molecule has 0 spiro atoms.